The van der Waals surface area contributed by atoms with Crippen LogP contribution in [-0.4, -0.2) is 107 Å². The number of aliphatic hydroxyl groups excluding tert-OH is 1. The van der Waals surface area contributed by atoms with E-state index in [9.17, 15) is 20.0 Å². The van der Waals surface area contributed by atoms with E-state index in [1.54, 1.807) is 19.1 Å². The molecular formula is C44H56N2O12. The zero-order valence-corrected chi connectivity index (χ0v) is 33.6. The van der Waals surface area contributed by atoms with Crippen molar-refractivity contribution < 1.29 is 53.0 Å². The van der Waals surface area contributed by atoms with Gasteiger partial charge in [0.05, 0.1) is 72.7 Å². The molecule has 4 atom stereocenters. The first-order valence-electron chi connectivity index (χ1n) is 19.7. The summed E-state index contributed by atoms with van der Waals surface area (Å²) >= 11 is 0. The molecule has 58 heavy (non-hydrogen) atoms. The number of piperidine rings is 1. The second-order valence-electron chi connectivity index (χ2n) is 14.2. The smallest absolute Gasteiger partial charge is 0.294 e. The highest BCUT2D eigenvalue weighted by Gasteiger charge is 2.41. The van der Waals surface area contributed by atoms with Crippen LogP contribution in [-0.2, 0) is 41.8 Å². The highest BCUT2D eigenvalue weighted by atomic mass is 16.9. The van der Waals surface area contributed by atoms with Crippen molar-refractivity contribution in [1.82, 2.24) is 4.90 Å². The third-order valence-corrected chi connectivity index (χ3v) is 10.0. The fourth-order valence-electron chi connectivity index (χ4n) is 7.18. The number of rotatable bonds is 25. The summed E-state index contributed by atoms with van der Waals surface area (Å²) in [4.78, 5) is 30.4. The van der Waals surface area contributed by atoms with Crippen LogP contribution in [0.25, 0.3) is 10.8 Å². The summed E-state index contributed by atoms with van der Waals surface area (Å²) in [6.07, 6.45) is 0.707. The van der Waals surface area contributed by atoms with Gasteiger partial charge >= 0.3 is 0 Å². The molecule has 1 heterocycles. The standard InChI is InChI=1S/C44H56N2O12/c1-51-30-36(47)31-57-42-27-45(43(48)16-5-4-10-23-58-46(49)50)26-41(56-28-32-24-34-12-6-8-14-38(34)40(25-32)53-3)44(42)33-17-19-37(20-18-33)55-22-11-21-54-29-35-13-7-9-15-39(35)52-2/h6-9,12-15,17-20,24-25,36,41-42,44,47H,4-5,10-11,16,21-23,26-31H2,1-3H3. The molecule has 1 amide bonds. The monoisotopic (exact) mass is 804 g/mol. The number of likely N-dealkylation sites (tertiary alicyclic amines) is 1. The zero-order chi connectivity index (χ0) is 41.1. The van der Waals surface area contributed by atoms with Gasteiger partial charge in [0.1, 0.15) is 23.4 Å². The predicted octanol–water partition coefficient (Wildman–Crippen LogP) is 6.52. The van der Waals surface area contributed by atoms with Gasteiger partial charge in [-0.3, -0.25) is 4.79 Å². The minimum atomic E-state index is -0.864. The average molecular weight is 805 g/mol. The number of para-hydroxylation sites is 1. The lowest BCUT2D eigenvalue weighted by Gasteiger charge is -2.44. The molecule has 0 radical (unpaired) electrons. The molecule has 0 bridgehead atoms. The summed E-state index contributed by atoms with van der Waals surface area (Å²) in [5.74, 6) is 1.86. The fraction of sp³-hybridized carbons (Fsp3) is 0.477. The summed E-state index contributed by atoms with van der Waals surface area (Å²) in [5, 5.41) is 22.3. The number of carbonyl (C=O) groups is 1. The molecule has 314 valence electrons. The van der Waals surface area contributed by atoms with Crippen molar-refractivity contribution in [3.05, 3.63) is 112 Å². The predicted molar refractivity (Wildman–Crippen MR) is 217 cm³/mol. The topological polar surface area (TPSA) is 158 Å². The lowest BCUT2D eigenvalue weighted by molar-refractivity contribution is -0.757. The first-order chi connectivity index (χ1) is 28.3. The Hall–Kier alpha value is -4.99. The second-order valence-corrected chi connectivity index (χ2v) is 14.2. The van der Waals surface area contributed by atoms with Gasteiger partial charge in [0.15, 0.2) is 0 Å². The molecule has 14 nitrogen and oxygen atoms in total. The molecule has 4 aromatic rings. The molecule has 14 heteroatoms. The van der Waals surface area contributed by atoms with E-state index in [4.69, 9.17) is 33.2 Å². The van der Waals surface area contributed by atoms with E-state index in [1.165, 1.54) is 7.11 Å². The first kappa shape index (κ1) is 44.1. The van der Waals surface area contributed by atoms with Crippen molar-refractivity contribution in [1.29, 1.82) is 0 Å². The van der Waals surface area contributed by atoms with E-state index < -0.39 is 23.4 Å². The van der Waals surface area contributed by atoms with Crippen molar-refractivity contribution >= 4 is 16.7 Å². The highest BCUT2D eigenvalue weighted by Crippen LogP contribution is 2.36. The van der Waals surface area contributed by atoms with Crippen LogP contribution in [0.4, 0.5) is 0 Å². The van der Waals surface area contributed by atoms with Crippen molar-refractivity contribution in [2.45, 2.75) is 69.5 Å². The van der Waals surface area contributed by atoms with Crippen molar-refractivity contribution in [3.63, 3.8) is 0 Å². The molecule has 1 N–H and O–H groups in total. The van der Waals surface area contributed by atoms with Crippen LogP contribution in [0.3, 0.4) is 0 Å². The Kier molecular flexibility index (Phi) is 17.8. The number of fused-ring (bicyclic) bond motifs is 1. The zero-order valence-electron chi connectivity index (χ0n) is 33.6. The number of aliphatic hydroxyl groups is 1. The molecule has 1 aliphatic rings. The van der Waals surface area contributed by atoms with Crippen LogP contribution in [0.5, 0.6) is 17.2 Å². The van der Waals surface area contributed by atoms with Gasteiger partial charge in [0.25, 0.3) is 5.09 Å². The maximum atomic E-state index is 13.7. The van der Waals surface area contributed by atoms with E-state index in [2.05, 4.69) is 10.9 Å². The largest absolute Gasteiger partial charge is 0.496 e. The number of benzene rings is 4. The number of hydrogen-bond acceptors (Lipinski definition) is 12. The number of hydrogen-bond donors (Lipinski definition) is 1. The number of nitrogens with zero attached hydrogens (tertiary/aromatic N) is 2. The summed E-state index contributed by atoms with van der Waals surface area (Å²) in [7, 11) is 4.81. The lowest BCUT2D eigenvalue weighted by atomic mass is 9.84. The van der Waals surface area contributed by atoms with E-state index in [0.29, 0.717) is 57.8 Å². The molecule has 0 aromatic heterocycles. The van der Waals surface area contributed by atoms with Crippen LogP contribution in [0, 0.1) is 10.1 Å². The molecule has 1 fully saturated rings. The van der Waals surface area contributed by atoms with Crippen LogP contribution in [0.15, 0.2) is 84.9 Å². The van der Waals surface area contributed by atoms with E-state index in [0.717, 1.165) is 39.0 Å². The molecule has 0 aliphatic carbocycles. The number of methoxy groups -OCH3 is 3. The minimum absolute atomic E-state index is 0.00238. The Morgan fingerprint density at radius 1 is 0.810 bits per heavy atom. The fourth-order valence-corrected chi connectivity index (χ4v) is 7.18. The molecule has 0 spiro atoms. The maximum absolute atomic E-state index is 13.7. The van der Waals surface area contributed by atoms with E-state index in [1.807, 2.05) is 78.9 Å². The highest BCUT2D eigenvalue weighted by molar-refractivity contribution is 5.89. The Morgan fingerprint density at radius 3 is 2.31 bits per heavy atom. The average Bonchev–Trinajstić information content (AvgIpc) is 3.24. The molecule has 1 aliphatic heterocycles. The molecule has 1 saturated heterocycles. The maximum Gasteiger partial charge on any atom is 0.294 e. The molecule has 0 saturated carbocycles. The van der Waals surface area contributed by atoms with Gasteiger partial charge in [0, 0.05) is 49.9 Å². The van der Waals surface area contributed by atoms with Gasteiger partial charge in [-0.05, 0) is 59.7 Å². The number of amides is 1. The summed E-state index contributed by atoms with van der Waals surface area (Å²) in [5.41, 5.74) is 2.85. The minimum Gasteiger partial charge on any atom is -0.496 e. The van der Waals surface area contributed by atoms with E-state index >= 15 is 0 Å². The number of ether oxygens (including phenoxy) is 7. The van der Waals surface area contributed by atoms with E-state index in [-0.39, 0.29) is 51.2 Å². The lowest BCUT2D eigenvalue weighted by Crippen LogP contribution is -2.55. The molecule has 4 unspecified atom stereocenters. The Morgan fingerprint density at radius 2 is 1.55 bits per heavy atom. The van der Waals surface area contributed by atoms with Crippen molar-refractivity contribution in [2.75, 3.05) is 67.5 Å². The van der Waals surface area contributed by atoms with Crippen LogP contribution in [0.1, 0.15) is 54.7 Å². The van der Waals surface area contributed by atoms with Gasteiger partial charge in [-0.15, -0.1) is 10.1 Å². The first-order valence-corrected chi connectivity index (χ1v) is 19.7. The van der Waals surface area contributed by atoms with Gasteiger partial charge in [0.2, 0.25) is 5.91 Å². The molecule has 5 rings (SSSR count). The quantitative estimate of drug-likeness (QED) is 0.0441. The third kappa shape index (κ3) is 13.3. The van der Waals surface area contributed by atoms with Gasteiger partial charge < -0.3 is 48.0 Å². The van der Waals surface area contributed by atoms with Gasteiger partial charge in [-0.25, -0.2) is 0 Å². The third-order valence-electron chi connectivity index (χ3n) is 10.0. The summed E-state index contributed by atoms with van der Waals surface area (Å²) in [6, 6.07) is 27.7. The van der Waals surface area contributed by atoms with Gasteiger partial charge in [-0.2, -0.15) is 0 Å². The summed E-state index contributed by atoms with van der Waals surface area (Å²) < 4.78 is 41.4. The SMILES string of the molecule is COCC(O)COC1CN(C(=O)CCCCCO[N+](=O)[O-])CC(OCc2cc(OC)c3ccccc3c2)C1c1ccc(OCCCOCc2ccccc2OC)cc1. The van der Waals surface area contributed by atoms with Crippen LogP contribution in [0.2, 0.25) is 0 Å². The van der Waals surface area contributed by atoms with Crippen LogP contribution < -0.4 is 14.2 Å². The van der Waals surface area contributed by atoms with Crippen LogP contribution >= 0.6 is 0 Å². The Labute approximate surface area is 339 Å². The Balaban J connectivity index is 1.30. The van der Waals surface area contributed by atoms with Crippen molar-refractivity contribution in [3.8, 4) is 17.2 Å². The normalized spacial score (nSPS) is 17.2. The molecule has 4 aromatic carbocycles. The van der Waals surface area contributed by atoms with Crippen molar-refractivity contribution in [2.24, 2.45) is 0 Å². The summed E-state index contributed by atoms with van der Waals surface area (Å²) in [6.45, 7) is 2.39. The number of carbonyl (C=O) groups excluding carboxylic acids is 1. The Bertz CT molecular complexity index is 1860. The number of unbranched alkanes of at least 4 members (excludes halogenated alkanes) is 2. The molecular weight excluding hydrogens is 748 g/mol. The van der Waals surface area contributed by atoms with Gasteiger partial charge in [-0.1, -0.05) is 61.0 Å². The second kappa shape index (κ2) is 23.4.